The topological polar surface area (TPSA) is 64.2 Å². The number of hydrogen-bond donors (Lipinski definition) is 1. The van der Waals surface area contributed by atoms with E-state index in [9.17, 15) is 4.79 Å². The average Bonchev–Trinajstić information content (AvgIpc) is 2.77. The molecule has 0 radical (unpaired) electrons. The summed E-state index contributed by atoms with van der Waals surface area (Å²) in [5, 5.41) is 0.448. The van der Waals surface area contributed by atoms with E-state index in [1.54, 1.807) is 36.3 Å². The predicted octanol–water partition coefficient (Wildman–Crippen LogP) is 1.93. The summed E-state index contributed by atoms with van der Waals surface area (Å²) in [6.45, 7) is 0.435. The standard InChI is InChI=1S/C13H15ClN4O/c1-17-6-5-16-12(17)8-18(2)13(19)9-3-4-10(14)11(15)7-9/h3-7H,8,15H2,1-2H3. The Balaban J connectivity index is 2.15. The molecule has 0 saturated carbocycles. The highest BCUT2D eigenvalue weighted by molar-refractivity contribution is 6.33. The molecule has 1 aromatic heterocycles. The Bertz CT molecular complexity index is 608. The zero-order valence-electron chi connectivity index (χ0n) is 10.8. The summed E-state index contributed by atoms with van der Waals surface area (Å²) in [5.41, 5.74) is 6.61. The fourth-order valence-electron chi connectivity index (χ4n) is 1.73. The van der Waals surface area contributed by atoms with Crippen LogP contribution in [-0.4, -0.2) is 27.4 Å². The number of nitrogen functional groups attached to an aromatic ring is 1. The third kappa shape index (κ3) is 2.88. The van der Waals surface area contributed by atoms with Gasteiger partial charge in [0.25, 0.3) is 5.91 Å². The van der Waals surface area contributed by atoms with Gasteiger partial charge < -0.3 is 15.2 Å². The lowest BCUT2D eigenvalue weighted by molar-refractivity contribution is 0.0780. The predicted molar refractivity (Wildman–Crippen MR) is 74.9 cm³/mol. The maximum atomic E-state index is 12.2. The lowest BCUT2D eigenvalue weighted by atomic mass is 10.2. The van der Waals surface area contributed by atoms with Crippen molar-refractivity contribution in [1.82, 2.24) is 14.5 Å². The van der Waals surface area contributed by atoms with E-state index in [0.29, 0.717) is 22.8 Å². The second kappa shape index (κ2) is 5.32. The molecule has 0 atom stereocenters. The highest BCUT2D eigenvalue weighted by atomic mass is 35.5. The molecule has 0 aliphatic heterocycles. The number of carbonyl (C=O) groups is 1. The van der Waals surface area contributed by atoms with Crippen LogP contribution in [0.1, 0.15) is 16.2 Å². The third-order valence-corrected chi connectivity index (χ3v) is 3.23. The van der Waals surface area contributed by atoms with Crippen molar-refractivity contribution in [3.05, 3.63) is 47.0 Å². The van der Waals surface area contributed by atoms with Crippen LogP contribution in [0.3, 0.4) is 0 Å². The first kappa shape index (κ1) is 13.4. The maximum absolute atomic E-state index is 12.2. The molecule has 2 N–H and O–H groups in total. The molecule has 0 aliphatic rings. The Hall–Kier alpha value is -2.01. The van der Waals surface area contributed by atoms with E-state index in [1.165, 1.54) is 0 Å². The molecule has 0 saturated heterocycles. The Morgan fingerprint density at radius 2 is 2.26 bits per heavy atom. The molecule has 100 valence electrons. The van der Waals surface area contributed by atoms with Gasteiger partial charge in [-0.25, -0.2) is 4.98 Å². The largest absolute Gasteiger partial charge is 0.398 e. The molecule has 0 fully saturated rings. The fourth-order valence-corrected chi connectivity index (χ4v) is 1.85. The van der Waals surface area contributed by atoms with Gasteiger partial charge in [0.05, 0.1) is 17.3 Å². The molecule has 1 heterocycles. The van der Waals surface area contributed by atoms with Gasteiger partial charge in [-0.05, 0) is 18.2 Å². The van der Waals surface area contributed by atoms with Gasteiger partial charge in [-0.15, -0.1) is 0 Å². The summed E-state index contributed by atoms with van der Waals surface area (Å²) >= 11 is 5.84. The van der Waals surface area contributed by atoms with E-state index in [2.05, 4.69) is 4.98 Å². The number of halogens is 1. The normalized spacial score (nSPS) is 10.5. The molecule has 1 amide bonds. The third-order valence-electron chi connectivity index (χ3n) is 2.89. The zero-order chi connectivity index (χ0) is 14.0. The van der Waals surface area contributed by atoms with Crippen LogP contribution >= 0.6 is 11.6 Å². The fraction of sp³-hybridized carbons (Fsp3) is 0.231. The van der Waals surface area contributed by atoms with E-state index in [1.807, 2.05) is 17.8 Å². The van der Waals surface area contributed by atoms with Gasteiger partial charge in [0.2, 0.25) is 0 Å². The Labute approximate surface area is 116 Å². The van der Waals surface area contributed by atoms with Crippen LogP contribution in [0.15, 0.2) is 30.6 Å². The number of benzene rings is 1. The van der Waals surface area contributed by atoms with Crippen LogP contribution in [0, 0.1) is 0 Å². The SMILES string of the molecule is CN(Cc1nccn1C)C(=O)c1ccc(Cl)c(N)c1. The van der Waals surface area contributed by atoms with Crippen molar-refractivity contribution in [3.63, 3.8) is 0 Å². The smallest absolute Gasteiger partial charge is 0.254 e. The number of nitrogens with zero attached hydrogens (tertiary/aromatic N) is 3. The summed E-state index contributed by atoms with van der Waals surface area (Å²) in [6, 6.07) is 4.87. The molecule has 0 aliphatic carbocycles. The van der Waals surface area contributed by atoms with Crippen molar-refractivity contribution < 1.29 is 4.79 Å². The average molecular weight is 279 g/mol. The summed E-state index contributed by atoms with van der Waals surface area (Å²) < 4.78 is 1.88. The van der Waals surface area contributed by atoms with Gasteiger partial charge in [0.15, 0.2) is 0 Å². The Morgan fingerprint density at radius 1 is 1.53 bits per heavy atom. The first-order valence-corrected chi connectivity index (χ1v) is 6.13. The van der Waals surface area contributed by atoms with Crippen molar-refractivity contribution >= 4 is 23.2 Å². The lowest BCUT2D eigenvalue weighted by Crippen LogP contribution is -2.27. The Morgan fingerprint density at radius 3 is 2.84 bits per heavy atom. The first-order chi connectivity index (χ1) is 8.99. The lowest BCUT2D eigenvalue weighted by Gasteiger charge is -2.17. The number of amides is 1. The minimum absolute atomic E-state index is 0.119. The number of hydrogen-bond acceptors (Lipinski definition) is 3. The number of nitrogens with two attached hydrogens (primary N) is 1. The van der Waals surface area contributed by atoms with Gasteiger partial charge in [0.1, 0.15) is 5.82 Å². The molecule has 2 rings (SSSR count). The quantitative estimate of drug-likeness (QED) is 0.873. The summed E-state index contributed by atoms with van der Waals surface area (Å²) in [4.78, 5) is 18.0. The second-order valence-electron chi connectivity index (χ2n) is 4.35. The van der Waals surface area contributed by atoms with Crippen LogP contribution < -0.4 is 5.73 Å². The minimum Gasteiger partial charge on any atom is -0.398 e. The molecule has 6 heteroatoms. The molecule has 0 unspecified atom stereocenters. The molecular weight excluding hydrogens is 264 g/mol. The summed E-state index contributed by atoms with van der Waals surface area (Å²) in [5.74, 6) is 0.698. The molecule has 19 heavy (non-hydrogen) atoms. The molecule has 0 spiro atoms. The van der Waals surface area contributed by atoms with E-state index < -0.39 is 0 Å². The van der Waals surface area contributed by atoms with E-state index >= 15 is 0 Å². The summed E-state index contributed by atoms with van der Waals surface area (Å²) in [7, 11) is 3.61. The molecule has 1 aromatic carbocycles. The van der Waals surface area contributed by atoms with E-state index in [0.717, 1.165) is 5.82 Å². The summed E-state index contributed by atoms with van der Waals surface area (Å²) in [6.07, 6.45) is 3.54. The number of rotatable bonds is 3. The molecule has 2 aromatic rings. The number of aromatic nitrogens is 2. The maximum Gasteiger partial charge on any atom is 0.254 e. The van der Waals surface area contributed by atoms with E-state index in [4.69, 9.17) is 17.3 Å². The molecule has 0 bridgehead atoms. The van der Waals surface area contributed by atoms with Crippen molar-refractivity contribution in [2.75, 3.05) is 12.8 Å². The van der Waals surface area contributed by atoms with Crippen LogP contribution in [0.25, 0.3) is 0 Å². The molecule has 5 nitrogen and oxygen atoms in total. The minimum atomic E-state index is -0.119. The van der Waals surface area contributed by atoms with Crippen LogP contribution in [0.4, 0.5) is 5.69 Å². The highest BCUT2D eigenvalue weighted by Gasteiger charge is 2.14. The van der Waals surface area contributed by atoms with Crippen LogP contribution in [0.5, 0.6) is 0 Å². The first-order valence-electron chi connectivity index (χ1n) is 5.75. The number of imidazole rings is 1. The van der Waals surface area contributed by atoms with Gasteiger partial charge in [-0.2, -0.15) is 0 Å². The zero-order valence-corrected chi connectivity index (χ0v) is 11.6. The number of aryl methyl sites for hydroxylation is 1. The van der Waals surface area contributed by atoms with Crippen molar-refractivity contribution in [3.8, 4) is 0 Å². The second-order valence-corrected chi connectivity index (χ2v) is 4.76. The van der Waals surface area contributed by atoms with Gasteiger partial charge in [-0.3, -0.25) is 4.79 Å². The van der Waals surface area contributed by atoms with Gasteiger partial charge >= 0.3 is 0 Å². The highest BCUT2D eigenvalue weighted by Crippen LogP contribution is 2.20. The van der Waals surface area contributed by atoms with Gasteiger partial charge in [-0.1, -0.05) is 11.6 Å². The van der Waals surface area contributed by atoms with Crippen LogP contribution in [-0.2, 0) is 13.6 Å². The van der Waals surface area contributed by atoms with Crippen LogP contribution in [0.2, 0.25) is 5.02 Å². The van der Waals surface area contributed by atoms with E-state index in [-0.39, 0.29) is 5.91 Å². The monoisotopic (exact) mass is 278 g/mol. The number of carbonyl (C=O) groups excluding carboxylic acids is 1. The Kier molecular flexibility index (Phi) is 3.76. The number of anilines is 1. The molecular formula is C13H15ClN4O. The van der Waals surface area contributed by atoms with Crippen molar-refractivity contribution in [2.24, 2.45) is 7.05 Å². The van der Waals surface area contributed by atoms with Gasteiger partial charge in [0, 0.05) is 32.1 Å². The van der Waals surface area contributed by atoms with Crippen molar-refractivity contribution in [2.45, 2.75) is 6.54 Å². The van der Waals surface area contributed by atoms with Crippen molar-refractivity contribution in [1.29, 1.82) is 0 Å².